The molecular formula is C72H62. The molecule has 11 aromatic carbocycles. The minimum atomic E-state index is -0.247. The Kier molecular flexibility index (Phi) is 11.1. The summed E-state index contributed by atoms with van der Waals surface area (Å²) in [6, 6.07) is 81.7. The number of benzene rings is 11. The van der Waals surface area contributed by atoms with Crippen molar-refractivity contribution in [3.8, 4) is 55.6 Å². The molecule has 0 radical (unpaired) electrons. The van der Waals surface area contributed by atoms with Crippen LogP contribution >= 0.6 is 0 Å². The Morgan fingerprint density at radius 3 is 1.11 bits per heavy atom. The molecule has 0 amide bonds. The van der Waals surface area contributed by atoms with Crippen LogP contribution in [0.2, 0.25) is 0 Å². The normalized spacial score (nSPS) is 15.3. The van der Waals surface area contributed by atoms with Crippen LogP contribution in [0, 0.1) is 0 Å². The van der Waals surface area contributed by atoms with Gasteiger partial charge in [-0.1, -0.05) is 259 Å². The van der Waals surface area contributed by atoms with Crippen molar-refractivity contribution in [1.29, 1.82) is 0 Å². The molecule has 11 aromatic rings. The molecule has 0 heterocycles. The van der Waals surface area contributed by atoms with Gasteiger partial charge in [-0.25, -0.2) is 0 Å². The van der Waals surface area contributed by atoms with Gasteiger partial charge < -0.3 is 0 Å². The zero-order chi connectivity index (χ0) is 48.4. The van der Waals surface area contributed by atoms with Crippen LogP contribution in [0.3, 0.4) is 0 Å². The second kappa shape index (κ2) is 17.9. The molecule has 0 bridgehead atoms. The average molecular weight is 927 g/mol. The quantitative estimate of drug-likeness (QED) is 0.0798. The average Bonchev–Trinajstić information content (AvgIpc) is 3.88. The lowest BCUT2D eigenvalue weighted by Gasteiger charge is -2.33. The lowest BCUT2D eigenvalue weighted by molar-refractivity contribution is 0.405. The highest BCUT2D eigenvalue weighted by atomic mass is 14.5. The van der Waals surface area contributed by atoms with Crippen molar-refractivity contribution in [1.82, 2.24) is 0 Å². The van der Waals surface area contributed by atoms with Crippen LogP contribution in [-0.4, -0.2) is 0 Å². The summed E-state index contributed by atoms with van der Waals surface area (Å²) in [6.07, 6.45) is 10.8. The van der Waals surface area contributed by atoms with Gasteiger partial charge in [-0.3, -0.25) is 0 Å². The third kappa shape index (κ3) is 6.57. The maximum absolute atomic E-state index is 2.64. The lowest BCUT2D eigenvalue weighted by Crippen LogP contribution is -2.25. The van der Waals surface area contributed by atoms with Crippen LogP contribution in [0.4, 0.5) is 0 Å². The number of hydrogen-bond acceptors (Lipinski definition) is 0. The summed E-state index contributed by atoms with van der Waals surface area (Å²) >= 11 is 0. The van der Waals surface area contributed by atoms with Crippen molar-refractivity contribution in [3.05, 3.63) is 240 Å². The number of rotatable bonds is 13. The third-order valence-corrected chi connectivity index (χ3v) is 17.3. The minimum absolute atomic E-state index is 0.0137. The van der Waals surface area contributed by atoms with Crippen molar-refractivity contribution in [2.24, 2.45) is 0 Å². The van der Waals surface area contributed by atoms with Crippen LogP contribution in [0.15, 0.2) is 212 Å². The molecule has 0 heteroatoms. The smallest absolute Gasteiger partial charge is 0.0461 e. The van der Waals surface area contributed by atoms with Crippen LogP contribution in [0.25, 0.3) is 98.7 Å². The van der Waals surface area contributed by atoms with E-state index in [1.165, 1.54) is 172 Å². The molecule has 0 saturated heterocycles. The number of unbranched alkanes of at least 4 members (excludes halogenated alkanes) is 4. The first-order valence-corrected chi connectivity index (χ1v) is 27.0. The van der Waals surface area contributed by atoms with Crippen molar-refractivity contribution in [2.45, 2.75) is 89.4 Å². The Morgan fingerprint density at radius 1 is 0.292 bits per heavy atom. The predicted molar refractivity (Wildman–Crippen MR) is 309 cm³/mol. The third-order valence-electron chi connectivity index (χ3n) is 17.3. The SMILES string of the molecule is CCCCCC1(CCCCC)c2ccccc2-c2ccc(-c3c4ccccc4c(-c4c5ccccc5c(-c5ccc6c(c5)C(CC)(c5ccccc5)c5ccccc5-6)c5ccccc45)c4ccccc34)cc21. The van der Waals surface area contributed by atoms with E-state index in [1.807, 2.05) is 0 Å². The van der Waals surface area contributed by atoms with Gasteiger partial charge in [-0.05, 0) is 158 Å². The first-order valence-electron chi connectivity index (χ1n) is 27.0. The Bertz CT molecular complexity index is 3760. The predicted octanol–water partition coefficient (Wildman–Crippen LogP) is 20.5. The second-order valence-electron chi connectivity index (χ2n) is 20.9. The summed E-state index contributed by atoms with van der Waals surface area (Å²) in [6.45, 7) is 7.05. The molecule has 72 heavy (non-hydrogen) atoms. The van der Waals surface area contributed by atoms with Crippen molar-refractivity contribution in [3.63, 3.8) is 0 Å². The van der Waals surface area contributed by atoms with Crippen LogP contribution in [0.5, 0.6) is 0 Å². The van der Waals surface area contributed by atoms with Gasteiger partial charge in [0.2, 0.25) is 0 Å². The fraction of sp³-hybridized carbons (Fsp3) is 0.194. The highest BCUT2D eigenvalue weighted by Gasteiger charge is 2.44. The van der Waals surface area contributed by atoms with Crippen molar-refractivity contribution in [2.75, 3.05) is 0 Å². The Morgan fingerprint density at radius 2 is 0.653 bits per heavy atom. The first kappa shape index (κ1) is 44.4. The summed E-state index contributed by atoms with van der Waals surface area (Å²) in [5.74, 6) is 0. The minimum Gasteiger partial charge on any atom is -0.0654 e. The zero-order valence-electron chi connectivity index (χ0n) is 42.1. The summed E-state index contributed by atoms with van der Waals surface area (Å²) in [5, 5.41) is 10.3. The van der Waals surface area contributed by atoms with Gasteiger partial charge in [0.25, 0.3) is 0 Å². The topological polar surface area (TPSA) is 0 Å². The molecule has 0 saturated carbocycles. The molecular weight excluding hydrogens is 865 g/mol. The van der Waals surface area contributed by atoms with Gasteiger partial charge in [0.1, 0.15) is 0 Å². The monoisotopic (exact) mass is 926 g/mol. The fourth-order valence-corrected chi connectivity index (χ4v) is 14.2. The highest BCUT2D eigenvalue weighted by molar-refractivity contribution is 6.30. The van der Waals surface area contributed by atoms with Crippen molar-refractivity contribution >= 4 is 43.1 Å². The molecule has 1 atom stereocenters. The van der Waals surface area contributed by atoms with E-state index < -0.39 is 0 Å². The van der Waals surface area contributed by atoms with Gasteiger partial charge in [-0.15, -0.1) is 0 Å². The second-order valence-corrected chi connectivity index (χ2v) is 20.9. The van der Waals surface area contributed by atoms with E-state index in [2.05, 4.69) is 233 Å². The lowest BCUT2D eigenvalue weighted by atomic mass is 9.70. The highest BCUT2D eigenvalue weighted by Crippen LogP contribution is 2.58. The van der Waals surface area contributed by atoms with Gasteiger partial charge in [0, 0.05) is 10.8 Å². The maximum Gasteiger partial charge on any atom is 0.0461 e. The maximum atomic E-state index is 2.64. The van der Waals surface area contributed by atoms with Gasteiger partial charge in [0.15, 0.2) is 0 Å². The fourth-order valence-electron chi connectivity index (χ4n) is 14.2. The van der Waals surface area contributed by atoms with Crippen LogP contribution < -0.4 is 0 Å². The number of hydrogen-bond donors (Lipinski definition) is 0. The molecule has 0 N–H and O–H groups in total. The molecule has 0 nitrogen and oxygen atoms in total. The van der Waals surface area contributed by atoms with Gasteiger partial charge in [-0.2, -0.15) is 0 Å². The Balaban J connectivity index is 1.05. The van der Waals surface area contributed by atoms with E-state index in [0.29, 0.717) is 0 Å². The largest absolute Gasteiger partial charge is 0.0654 e. The van der Waals surface area contributed by atoms with Crippen LogP contribution in [0.1, 0.15) is 106 Å². The van der Waals surface area contributed by atoms with Gasteiger partial charge in [0.05, 0.1) is 0 Å². The summed E-state index contributed by atoms with van der Waals surface area (Å²) in [5.41, 5.74) is 20.4. The first-order chi connectivity index (χ1) is 35.6. The van der Waals surface area contributed by atoms with E-state index >= 15 is 0 Å². The molecule has 1 unspecified atom stereocenters. The van der Waals surface area contributed by atoms with E-state index in [0.717, 1.165) is 6.42 Å². The summed E-state index contributed by atoms with van der Waals surface area (Å²) < 4.78 is 0. The molecule has 350 valence electrons. The Hall–Kier alpha value is -7.54. The standard InChI is InChI=1S/C72H62/c1-4-7-24-44-71(45-25-8-5-2)63-38-22-20-28-51(63)53-42-40-48(46-65(53)71)67-55-30-12-16-34-59(55)69(60-35-17-13-31-56(60)67)70-61-36-18-14-32-57(61)68(58-33-15-19-37-62(58)70)49-41-43-54-52-29-21-23-39-64(52)72(6-3,66(54)47-49)50-26-10-9-11-27-50/h9-23,26-43,46-47H,4-8,24-25,44-45H2,1-3H3. The molecule has 0 spiro atoms. The van der Waals surface area contributed by atoms with E-state index in [-0.39, 0.29) is 10.8 Å². The van der Waals surface area contributed by atoms with E-state index in [9.17, 15) is 0 Å². The zero-order valence-corrected chi connectivity index (χ0v) is 42.1. The van der Waals surface area contributed by atoms with E-state index in [4.69, 9.17) is 0 Å². The molecule has 13 rings (SSSR count). The molecule has 0 fully saturated rings. The molecule has 2 aliphatic carbocycles. The molecule has 0 aromatic heterocycles. The summed E-state index contributed by atoms with van der Waals surface area (Å²) in [7, 11) is 0. The molecule has 2 aliphatic rings. The van der Waals surface area contributed by atoms with E-state index in [1.54, 1.807) is 5.56 Å². The Labute approximate surface area is 426 Å². The van der Waals surface area contributed by atoms with Crippen molar-refractivity contribution < 1.29 is 0 Å². The van der Waals surface area contributed by atoms with Crippen LogP contribution in [-0.2, 0) is 10.8 Å². The van der Waals surface area contributed by atoms with Gasteiger partial charge >= 0.3 is 0 Å². The number of fused-ring (bicyclic) bond motifs is 10. The molecule has 0 aliphatic heterocycles. The summed E-state index contributed by atoms with van der Waals surface area (Å²) in [4.78, 5) is 0.